The van der Waals surface area contributed by atoms with E-state index in [2.05, 4.69) is 13.8 Å². The second-order valence-electron chi connectivity index (χ2n) is 8.15. The van der Waals surface area contributed by atoms with Crippen molar-refractivity contribution in [3.05, 3.63) is 22.6 Å². The summed E-state index contributed by atoms with van der Waals surface area (Å²) in [6, 6.07) is 0. The molecule has 0 bridgehead atoms. The van der Waals surface area contributed by atoms with Crippen LogP contribution in [-0.4, -0.2) is 50.4 Å². The fraction of sp³-hybridized carbons (Fsp3) is 0.714. The molecule has 3 aliphatic rings. The molecule has 0 aromatic heterocycles. The number of esters is 2. The van der Waals surface area contributed by atoms with Gasteiger partial charge in [0.25, 0.3) is 0 Å². The number of carbonyl (C=O) groups is 2. The molecule has 0 spiro atoms. The predicted molar refractivity (Wildman–Crippen MR) is 106 cm³/mol. The molecule has 3 rings (SSSR count). The highest BCUT2D eigenvalue weighted by molar-refractivity contribution is 8.01. The summed E-state index contributed by atoms with van der Waals surface area (Å²) in [4.78, 5) is 24.5. The molecule has 0 aromatic rings. The zero-order valence-electron chi connectivity index (χ0n) is 17.4. The second-order valence-corrected chi connectivity index (χ2v) is 8.89. The van der Waals surface area contributed by atoms with E-state index in [1.54, 1.807) is 26.6 Å². The fourth-order valence-corrected chi connectivity index (χ4v) is 5.66. The van der Waals surface area contributed by atoms with Gasteiger partial charge >= 0.3 is 11.9 Å². The van der Waals surface area contributed by atoms with Gasteiger partial charge in [-0.15, -0.1) is 11.8 Å². The number of hydrogen-bond acceptors (Lipinski definition) is 7. The summed E-state index contributed by atoms with van der Waals surface area (Å²) in [5, 5.41) is 1.72. The number of hydrogen-bond donors (Lipinski definition) is 0. The van der Waals surface area contributed by atoms with Gasteiger partial charge in [0.2, 0.25) is 5.79 Å². The molecule has 0 radical (unpaired) electrons. The van der Waals surface area contributed by atoms with Crippen molar-refractivity contribution in [1.82, 2.24) is 0 Å². The Labute approximate surface area is 171 Å². The molecule has 0 unspecified atom stereocenters. The molecular weight excluding hydrogens is 380 g/mol. The SMILES string of the molecule is CO[C@@H]1C2=C(C)C(=O)O[C@]2(OC)C[C@H]2CC[C@H](OC(=O)/C=C\SC)[C@H](C)[C@@]21C. The van der Waals surface area contributed by atoms with Gasteiger partial charge in [0.1, 0.15) is 6.10 Å². The Morgan fingerprint density at radius 1 is 1.32 bits per heavy atom. The van der Waals surface area contributed by atoms with E-state index in [1.165, 1.54) is 17.8 Å². The topological polar surface area (TPSA) is 71.1 Å². The summed E-state index contributed by atoms with van der Waals surface area (Å²) in [5.41, 5.74) is 1.03. The number of fused-ring (bicyclic) bond motifs is 2. The molecule has 0 aromatic carbocycles. The average Bonchev–Trinajstić information content (AvgIpc) is 2.92. The van der Waals surface area contributed by atoms with Gasteiger partial charge in [-0.3, -0.25) is 0 Å². The van der Waals surface area contributed by atoms with Crippen molar-refractivity contribution in [3.63, 3.8) is 0 Å². The third-order valence-corrected chi connectivity index (χ3v) is 7.52. The van der Waals surface area contributed by atoms with E-state index in [9.17, 15) is 9.59 Å². The maximum atomic E-state index is 12.4. The lowest BCUT2D eigenvalue weighted by molar-refractivity contribution is -0.243. The first-order valence-electron chi connectivity index (χ1n) is 9.67. The Bertz CT molecular complexity index is 716. The molecule has 28 heavy (non-hydrogen) atoms. The van der Waals surface area contributed by atoms with E-state index >= 15 is 0 Å². The predicted octanol–water partition coefficient (Wildman–Crippen LogP) is 3.46. The maximum absolute atomic E-state index is 12.4. The average molecular weight is 411 g/mol. The molecule has 7 heteroatoms. The minimum atomic E-state index is -1.05. The Hall–Kier alpha value is -1.31. The maximum Gasteiger partial charge on any atom is 0.336 e. The first-order valence-corrected chi connectivity index (χ1v) is 11.0. The van der Waals surface area contributed by atoms with E-state index in [0.29, 0.717) is 12.0 Å². The third kappa shape index (κ3) is 3.12. The third-order valence-electron chi connectivity index (χ3n) is 7.11. The van der Waals surface area contributed by atoms with Crippen LogP contribution in [0.1, 0.15) is 40.0 Å². The monoisotopic (exact) mass is 410 g/mol. The quantitative estimate of drug-likeness (QED) is 0.508. The van der Waals surface area contributed by atoms with Crippen LogP contribution in [0.3, 0.4) is 0 Å². The molecule has 1 heterocycles. The number of carbonyl (C=O) groups excluding carboxylic acids is 2. The highest BCUT2D eigenvalue weighted by Gasteiger charge is 2.65. The molecule has 6 atom stereocenters. The van der Waals surface area contributed by atoms with Crippen LogP contribution in [0.4, 0.5) is 0 Å². The minimum Gasteiger partial charge on any atom is -0.459 e. The smallest absolute Gasteiger partial charge is 0.336 e. The normalized spacial score (nSPS) is 40.3. The van der Waals surface area contributed by atoms with Crippen LogP contribution in [0, 0.1) is 17.3 Å². The van der Waals surface area contributed by atoms with Crippen molar-refractivity contribution in [2.24, 2.45) is 17.3 Å². The summed E-state index contributed by atoms with van der Waals surface area (Å²) in [5.74, 6) is -1.45. The highest BCUT2D eigenvalue weighted by Crippen LogP contribution is 2.61. The summed E-state index contributed by atoms with van der Waals surface area (Å²) in [6.45, 7) is 6.06. The van der Waals surface area contributed by atoms with Crippen LogP contribution in [0.25, 0.3) is 0 Å². The fourth-order valence-electron chi connectivity index (χ4n) is 5.41. The molecule has 1 aliphatic heterocycles. The first kappa shape index (κ1) is 21.4. The zero-order chi connectivity index (χ0) is 20.7. The van der Waals surface area contributed by atoms with E-state index in [1.807, 2.05) is 6.26 Å². The number of methoxy groups -OCH3 is 2. The summed E-state index contributed by atoms with van der Waals surface area (Å²) in [7, 11) is 3.24. The molecular formula is C21H30O6S. The molecule has 2 saturated carbocycles. The lowest BCUT2D eigenvalue weighted by Crippen LogP contribution is -2.61. The van der Waals surface area contributed by atoms with Gasteiger partial charge in [-0.25, -0.2) is 9.59 Å². The van der Waals surface area contributed by atoms with Crippen LogP contribution >= 0.6 is 11.8 Å². The van der Waals surface area contributed by atoms with E-state index in [0.717, 1.165) is 18.4 Å². The lowest BCUT2D eigenvalue weighted by Gasteiger charge is -2.58. The number of ether oxygens (including phenoxy) is 4. The Balaban J connectivity index is 1.96. The highest BCUT2D eigenvalue weighted by atomic mass is 32.2. The molecule has 156 valence electrons. The van der Waals surface area contributed by atoms with Crippen LogP contribution in [-0.2, 0) is 28.5 Å². The van der Waals surface area contributed by atoms with Crippen molar-refractivity contribution in [2.75, 3.05) is 20.5 Å². The zero-order valence-corrected chi connectivity index (χ0v) is 18.3. The Morgan fingerprint density at radius 3 is 2.64 bits per heavy atom. The van der Waals surface area contributed by atoms with Crippen molar-refractivity contribution in [2.45, 2.75) is 58.0 Å². The largest absolute Gasteiger partial charge is 0.459 e. The van der Waals surface area contributed by atoms with Gasteiger partial charge in [0.05, 0.1) is 6.10 Å². The Kier molecular flexibility index (Phi) is 5.99. The molecule has 0 saturated heterocycles. The first-order chi connectivity index (χ1) is 13.2. The van der Waals surface area contributed by atoms with E-state index < -0.39 is 5.79 Å². The minimum absolute atomic E-state index is 0.0497. The molecule has 0 N–H and O–H groups in total. The van der Waals surface area contributed by atoms with Gasteiger partial charge in [0.15, 0.2) is 0 Å². The van der Waals surface area contributed by atoms with Crippen molar-refractivity contribution in [3.8, 4) is 0 Å². The molecule has 2 fully saturated rings. The van der Waals surface area contributed by atoms with Crippen LogP contribution < -0.4 is 0 Å². The van der Waals surface area contributed by atoms with Gasteiger partial charge in [-0.1, -0.05) is 13.8 Å². The summed E-state index contributed by atoms with van der Waals surface area (Å²) in [6.07, 6.45) is 5.01. The molecule has 0 amide bonds. The van der Waals surface area contributed by atoms with E-state index in [4.69, 9.17) is 18.9 Å². The lowest BCUT2D eigenvalue weighted by atomic mass is 9.51. The van der Waals surface area contributed by atoms with Gasteiger partial charge in [-0.2, -0.15) is 0 Å². The van der Waals surface area contributed by atoms with Crippen LogP contribution in [0.5, 0.6) is 0 Å². The van der Waals surface area contributed by atoms with Crippen molar-refractivity contribution in [1.29, 1.82) is 0 Å². The van der Waals surface area contributed by atoms with E-state index in [-0.39, 0.29) is 41.4 Å². The number of rotatable bonds is 5. The van der Waals surface area contributed by atoms with Crippen molar-refractivity contribution >= 4 is 23.7 Å². The Morgan fingerprint density at radius 2 is 2.04 bits per heavy atom. The molecule has 2 aliphatic carbocycles. The van der Waals surface area contributed by atoms with Gasteiger partial charge in [-0.05, 0) is 37.3 Å². The summed E-state index contributed by atoms with van der Waals surface area (Å²) < 4.78 is 23.2. The van der Waals surface area contributed by atoms with Gasteiger partial charge < -0.3 is 18.9 Å². The number of thioether (sulfide) groups is 1. The molecule has 6 nitrogen and oxygen atoms in total. The van der Waals surface area contributed by atoms with Crippen molar-refractivity contribution < 1.29 is 28.5 Å². The standard InChI is InChI=1S/C21H30O6S/c1-12-17-18(24-4)20(3)13(2)15(26-16(22)9-10-28-6)8-7-14(20)11-21(17,25-5)27-19(12)23/h9-10,13-15,18H,7-8,11H2,1-6H3/b10-9-/t13-,14+,15-,18+,20-,21+/m0/s1. The second kappa shape index (κ2) is 7.84. The van der Waals surface area contributed by atoms with Gasteiger partial charge in [0, 0.05) is 49.2 Å². The van der Waals surface area contributed by atoms with Crippen LogP contribution in [0.2, 0.25) is 0 Å². The summed E-state index contributed by atoms with van der Waals surface area (Å²) >= 11 is 1.46. The van der Waals surface area contributed by atoms with Crippen LogP contribution in [0.15, 0.2) is 22.6 Å².